The molecule has 0 atom stereocenters. The van der Waals surface area contributed by atoms with Crippen molar-refractivity contribution in [3.05, 3.63) is 34.6 Å². The summed E-state index contributed by atoms with van der Waals surface area (Å²) in [5, 5.41) is 20.8. The second-order valence-corrected chi connectivity index (χ2v) is 4.91. The summed E-state index contributed by atoms with van der Waals surface area (Å²) in [6, 6.07) is 7.25. The van der Waals surface area contributed by atoms with Gasteiger partial charge in [0.2, 0.25) is 0 Å². The van der Waals surface area contributed by atoms with Crippen molar-refractivity contribution in [2.24, 2.45) is 7.05 Å². The monoisotopic (exact) mass is 320 g/mol. The summed E-state index contributed by atoms with van der Waals surface area (Å²) >= 11 is 3.39. The number of benzene rings is 1. The molecule has 7 heteroatoms. The second-order valence-electron chi connectivity index (χ2n) is 4.11. The summed E-state index contributed by atoms with van der Waals surface area (Å²) in [6.07, 6.45) is 0. The van der Waals surface area contributed by atoms with Gasteiger partial charge < -0.3 is 5.11 Å². The number of aromatic nitrogens is 4. The zero-order valence-electron chi connectivity index (χ0n) is 9.88. The first-order valence-corrected chi connectivity index (χ1v) is 6.27. The molecule has 1 aromatic carbocycles. The van der Waals surface area contributed by atoms with Gasteiger partial charge in [0.1, 0.15) is 4.60 Å². The van der Waals surface area contributed by atoms with E-state index < -0.39 is 5.97 Å². The molecular formula is C12H9BrN4O2. The normalized spacial score (nSPS) is 11.1. The SMILES string of the molecule is Cn1nc(C(=O)O)cc1-c1ccc2n[nH]c(Br)c2c1. The van der Waals surface area contributed by atoms with Gasteiger partial charge in [0, 0.05) is 18.0 Å². The third kappa shape index (κ3) is 1.91. The quantitative estimate of drug-likeness (QED) is 0.759. The van der Waals surface area contributed by atoms with Gasteiger partial charge in [-0.3, -0.25) is 9.78 Å². The minimum Gasteiger partial charge on any atom is -0.476 e. The predicted molar refractivity (Wildman–Crippen MR) is 73.0 cm³/mol. The lowest BCUT2D eigenvalue weighted by Crippen LogP contribution is -1.99. The molecule has 0 radical (unpaired) electrons. The zero-order valence-corrected chi connectivity index (χ0v) is 11.5. The average molecular weight is 321 g/mol. The van der Waals surface area contributed by atoms with Crippen LogP contribution in [-0.4, -0.2) is 31.1 Å². The molecule has 96 valence electrons. The van der Waals surface area contributed by atoms with Crippen LogP contribution in [0.25, 0.3) is 22.2 Å². The molecule has 3 rings (SSSR count). The molecule has 6 nitrogen and oxygen atoms in total. The van der Waals surface area contributed by atoms with Gasteiger partial charge in [-0.1, -0.05) is 6.07 Å². The molecule has 0 saturated carbocycles. The average Bonchev–Trinajstić information content (AvgIpc) is 2.93. The number of aromatic carboxylic acids is 1. The van der Waals surface area contributed by atoms with Crippen LogP contribution in [0.5, 0.6) is 0 Å². The van der Waals surface area contributed by atoms with Crippen LogP contribution in [0.1, 0.15) is 10.5 Å². The molecule has 0 bridgehead atoms. The Hall–Kier alpha value is -2.15. The lowest BCUT2D eigenvalue weighted by atomic mass is 10.1. The fourth-order valence-corrected chi connectivity index (χ4v) is 2.39. The third-order valence-electron chi connectivity index (χ3n) is 2.90. The topological polar surface area (TPSA) is 83.8 Å². The van der Waals surface area contributed by atoms with Crippen LogP contribution in [0.2, 0.25) is 0 Å². The highest BCUT2D eigenvalue weighted by atomic mass is 79.9. The molecule has 3 aromatic rings. The largest absolute Gasteiger partial charge is 0.476 e. The number of nitrogens with zero attached hydrogens (tertiary/aromatic N) is 3. The van der Waals surface area contributed by atoms with Gasteiger partial charge in [-0.2, -0.15) is 10.2 Å². The molecule has 2 N–H and O–H groups in total. The van der Waals surface area contributed by atoms with Gasteiger partial charge in [0.25, 0.3) is 0 Å². The molecule has 2 aromatic heterocycles. The number of fused-ring (bicyclic) bond motifs is 1. The lowest BCUT2D eigenvalue weighted by molar-refractivity contribution is 0.0689. The maximum atomic E-state index is 10.9. The summed E-state index contributed by atoms with van der Waals surface area (Å²) in [5.74, 6) is -1.03. The van der Waals surface area contributed by atoms with Crippen molar-refractivity contribution < 1.29 is 9.90 Å². The zero-order chi connectivity index (χ0) is 13.6. The smallest absolute Gasteiger partial charge is 0.356 e. The number of halogens is 1. The van der Waals surface area contributed by atoms with E-state index in [1.807, 2.05) is 18.2 Å². The number of H-pyrrole nitrogens is 1. The van der Waals surface area contributed by atoms with Gasteiger partial charge in [0.05, 0.1) is 11.2 Å². The van der Waals surface area contributed by atoms with Crippen LogP contribution in [0, 0.1) is 0 Å². The Morgan fingerprint density at radius 3 is 2.89 bits per heavy atom. The lowest BCUT2D eigenvalue weighted by Gasteiger charge is -2.01. The van der Waals surface area contributed by atoms with Crippen LogP contribution < -0.4 is 0 Å². The van der Waals surface area contributed by atoms with Gasteiger partial charge in [-0.05, 0) is 34.1 Å². The number of nitrogens with one attached hydrogen (secondary N) is 1. The van der Waals surface area contributed by atoms with Crippen molar-refractivity contribution in [1.29, 1.82) is 0 Å². The van der Waals surface area contributed by atoms with Crippen molar-refractivity contribution in [1.82, 2.24) is 20.0 Å². The molecule has 2 heterocycles. The first-order valence-electron chi connectivity index (χ1n) is 5.47. The Morgan fingerprint density at radius 1 is 1.42 bits per heavy atom. The van der Waals surface area contributed by atoms with Crippen molar-refractivity contribution in [3.63, 3.8) is 0 Å². The van der Waals surface area contributed by atoms with Gasteiger partial charge >= 0.3 is 5.97 Å². The van der Waals surface area contributed by atoms with Gasteiger partial charge in [-0.25, -0.2) is 4.79 Å². The van der Waals surface area contributed by atoms with Crippen molar-refractivity contribution >= 4 is 32.8 Å². The number of aromatic amines is 1. The number of carboxylic acids is 1. The molecule has 0 unspecified atom stereocenters. The van der Waals surface area contributed by atoms with E-state index in [9.17, 15) is 4.79 Å². The fraction of sp³-hybridized carbons (Fsp3) is 0.0833. The minimum absolute atomic E-state index is 0.0313. The molecule has 0 aliphatic carbocycles. The highest BCUT2D eigenvalue weighted by molar-refractivity contribution is 9.10. The Bertz CT molecular complexity index is 790. The predicted octanol–water partition coefficient (Wildman–Crippen LogP) is 2.42. The van der Waals surface area contributed by atoms with E-state index in [2.05, 4.69) is 31.2 Å². The van der Waals surface area contributed by atoms with Gasteiger partial charge in [0.15, 0.2) is 5.69 Å². The molecule has 0 amide bonds. The Balaban J connectivity index is 2.18. The van der Waals surface area contributed by atoms with E-state index in [-0.39, 0.29) is 5.69 Å². The number of hydrogen-bond donors (Lipinski definition) is 2. The molecular weight excluding hydrogens is 312 g/mol. The number of rotatable bonds is 2. The molecule has 0 fully saturated rings. The Kier molecular flexibility index (Phi) is 2.63. The van der Waals surface area contributed by atoms with Crippen LogP contribution >= 0.6 is 15.9 Å². The molecule has 0 spiro atoms. The number of carbonyl (C=O) groups is 1. The summed E-state index contributed by atoms with van der Waals surface area (Å²) < 4.78 is 2.35. The maximum absolute atomic E-state index is 10.9. The van der Waals surface area contributed by atoms with E-state index in [1.54, 1.807) is 17.8 Å². The van der Waals surface area contributed by atoms with Gasteiger partial charge in [-0.15, -0.1) is 0 Å². The van der Waals surface area contributed by atoms with Crippen molar-refractivity contribution in [3.8, 4) is 11.3 Å². The van der Waals surface area contributed by atoms with E-state index in [1.165, 1.54) is 0 Å². The summed E-state index contributed by atoms with van der Waals surface area (Å²) in [5.41, 5.74) is 2.50. The number of carboxylic acid groups (broad SMARTS) is 1. The molecule has 0 aliphatic heterocycles. The molecule has 0 saturated heterocycles. The number of aryl methyl sites for hydroxylation is 1. The summed E-state index contributed by atoms with van der Waals surface area (Å²) in [6.45, 7) is 0. The molecule has 0 aliphatic rings. The second kappa shape index (κ2) is 4.20. The Morgan fingerprint density at radius 2 is 2.21 bits per heavy atom. The van der Waals surface area contributed by atoms with Crippen LogP contribution in [0.15, 0.2) is 28.9 Å². The highest BCUT2D eigenvalue weighted by Gasteiger charge is 2.13. The highest BCUT2D eigenvalue weighted by Crippen LogP contribution is 2.27. The first kappa shape index (κ1) is 11.9. The maximum Gasteiger partial charge on any atom is 0.356 e. The van der Waals surface area contributed by atoms with E-state index >= 15 is 0 Å². The standard InChI is InChI=1S/C12H9BrN4O2/c1-17-10(5-9(16-17)12(18)19)6-2-3-8-7(4-6)11(13)15-14-8/h2-5H,1H3,(H,14,15)(H,18,19). The van der Waals surface area contributed by atoms with Crippen molar-refractivity contribution in [2.75, 3.05) is 0 Å². The van der Waals surface area contributed by atoms with Crippen molar-refractivity contribution in [2.45, 2.75) is 0 Å². The minimum atomic E-state index is -1.03. The Labute approximate surface area is 116 Å². The fourth-order valence-electron chi connectivity index (χ4n) is 1.98. The van der Waals surface area contributed by atoms with Crippen LogP contribution in [-0.2, 0) is 7.05 Å². The van der Waals surface area contributed by atoms with E-state index in [0.717, 1.165) is 26.8 Å². The van der Waals surface area contributed by atoms with E-state index in [0.29, 0.717) is 0 Å². The van der Waals surface area contributed by atoms with E-state index in [4.69, 9.17) is 5.11 Å². The van der Waals surface area contributed by atoms with Crippen LogP contribution in [0.4, 0.5) is 0 Å². The summed E-state index contributed by atoms with van der Waals surface area (Å²) in [7, 11) is 1.72. The summed E-state index contributed by atoms with van der Waals surface area (Å²) in [4.78, 5) is 10.9. The molecule has 19 heavy (non-hydrogen) atoms. The van der Waals surface area contributed by atoms with Crippen LogP contribution in [0.3, 0.4) is 0 Å². The first-order chi connectivity index (χ1) is 9.06. The third-order valence-corrected chi connectivity index (χ3v) is 3.51. The number of hydrogen-bond acceptors (Lipinski definition) is 3.